The van der Waals surface area contributed by atoms with Crippen LogP contribution in [-0.2, 0) is 0 Å². The zero-order valence-corrected chi connectivity index (χ0v) is 11.4. The molecule has 1 saturated carbocycles. The number of hydrogen-bond donors (Lipinski definition) is 0. The molecular weight excluding hydrogens is 266 g/mol. The topological polar surface area (TPSA) is 22.1 Å². The van der Waals surface area contributed by atoms with E-state index in [1.165, 1.54) is 12.8 Å². The van der Waals surface area contributed by atoms with Crippen LogP contribution in [0, 0.1) is 11.8 Å². The fourth-order valence-electron chi connectivity index (χ4n) is 2.23. The van der Waals surface area contributed by atoms with Gasteiger partial charge in [-0.05, 0) is 59.2 Å². The standard InChI is InChI=1S/C13H18BrNO/c1-9-3-4-11(7-10(9)2)16-12-5-6-13(14)15-8-12/h5-6,8-11H,3-4,7H2,1-2H3. The fourth-order valence-corrected chi connectivity index (χ4v) is 2.46. The van der Waals surface area contributed by atoms with Gasteiger partial charge in [-0.1, -0.05) is 13.8 Å². The molecule has 1 fully saturated rings. The second kappa shape index (κ2) is 5.17. The van der Waals surface area contributed by atoms with E-state index in [4.69, 9.17) is 4.74 Å². The SMILES string of the molecule is CC1CCC(Oc2ccc(Br)nc2)CC1C. The quantitative estimate of drug-likeness (QED) is 0.764. The van der Waals surface area contributed by atoms with Crippen molar-refractivity contribution >= 4 is 15.9 Å². The average molecular weight is 284 g/mol. The molecule has 3 unspecified atom stereocenters. The third kappa shape index (κ3) is 2.97. The van der Waals surface area contributed by atoms with Crippen molar-refractivity contribution in [3.05, 3.63) is 22.9 Å². The smallest absolute Gasteiger partial charge is 0.138 e. The van der Waals surface area contributed by atoms with Gasteiger partial charge >= 0.3 is 0 Å². The molecule has 0 radical (unpaired) electrons. The lowest BCUT2D eigenvalue weighted by Gasteiger charge is -2.32. The molecule has 0 aliphatic heterocycles. The normalized spacial score (nSPS) is 30.1. The van der Waals surface area contributed by atoms with Gasteiger partial charge in [0.15, 0.2) is 0 Å². The zero-order chi connectivity index (χ0) is 11.5. The van der Waals surface area contributed by atoms with Gasteiger partial charge in [0.1, 0.15) is 10.4 Å². The van der Waals surface area contributed by atoms with Crippen LogP contribution >= 0.6 is 15.9 Å². The molecule has 0 aromatic carbocycles. The second-order valence-corrected chi connectivity index (χ2v) is 5.64. The van der Waals surface area contributed by atoms with Crippen LogP contribution in [0.4, 0.5) is 0 Å². The Kier molecular flexibility index (Phi) is 3.85. The molecule has 0 saturated heterocycles. The summed E-state index contributed by atoms with van der Waals surface area (Å²) in [6.07, 6.45) is 5.76. The molecule has 1 aromatic rings. The summed E-state index contributed by atoms with van der Waals surface area (Å²) in [6.45, 7) is 4.65. The first-order chi connectivity index (χ1) is 7.65. The minimum Gasteiger partial charge on any atom is -0.489 e. The lowest BCUT2D eigenvalue weighted by atomic mass is 9.80. The fraction of sp³-hybridized carbons (Fsp3) is 0.615. The highest BCUT2D eigenvalue weighted by atomic mass is 79.9. The van der Waals surface area contributed by atoms with Crippen LogP contribution in [0.1, 0.15) is 33.1 Å². The van der Waals surface area contributed by atoms with Gasteiger partial charge in [0, 0.05) is 0 Å². The predicted octanol–water partition coefficient (Wildman–Crippen LogP) is 4.05. The number of pyridine rings is 1. The maximum absolute atomic E-state index is 5.95. The van der Waals surface area contributed by atoms with Crippen LogP contribution in [-0.4, -0.2) is 11.1 Å². The summed E-state index contributed by atoms with van der Waals surface area (Å²) in [6, 6.07) is 3.89. The van der Waals surface area contributed by atoms with Crippen molar-refractivity contribution in [2.24, 2.45) is 11.8 Å². The molecule has 1 aliphatic rings. The van der Waals surface area contributed by atoms with Gasteiger partial charge in [0.2, 0.25) is 0 Å². The van der Waals surface area contributed by atoms with Gasteiger partial charge in [0.25, 0.3) is 0 Å². The van der Waals surface area contributed by atoms with Crippen LogP contribution < -0.4 is 4.74 Å². The minimum absolute atomic E-state index is 0.370. The van der Waals surface area contributed by atoms with E-state index < -0.39 is 0 Å². The van der Waals surface area contributed by atoms with Crippen molar-refractivity contribution in [3.63, 3.8) is 0 Å². The third-order valence-corrected chi connectivity index (χ3v) is 4.02. The van der Waals surface area contributed by atoms with Crippen LogP contribution in [0.25, 0.3) is 0 Å². The number of halogens is 1. The highest BCUT2D eigenvalue weighted by Crippen LogP contribution is 2.31. The van der Waals surface area contributed by atoms with Gasteiger partial charge in [-0.15, -0.1) is 0 Å². The maximum atomic E-state index is 5.95. The molecule has 0 spiro atoms. The molecule has 1 aromatic heterocycles. The number of nitrogens with zero attached hydrogens (tertiary/aromatic N) is 1. The van der Waals surface area contributed by atoms with E-state index in [1.807, 2.05) is 12.1 Å². The summed E-state index contributed by atoms with van der Waals surface area (Å²) < 4.78 is 6.80. The molecule has 88 valence electrons. The third-order valence-electron chi connectivity index (χ3n) is 3.55. The van der Waals surface area contributed by atoms with Crippen molar-refractivity contribution in [1.29, 1.82) is 0 Å². The van der Waals surface area contributed by atoms with E-state index in [0.29, 0.717) is 6.10 Å². The zero-order valence-electron chi connectivity index (χ0n) is 9.82. The van der Waals surface area contributed by atoms with Gasteiger partial charge in [-0.25, -0.2) is 4.98 Å². The molecule has 16 heavy (non-hydrogen) atoms. The summed E-state index contributed by atoms with van der Waals surface area (Å²) in [5.41, 5.74) is 0. The molecule has 1 aliphatic carbocycles. The van der Waals surface area contributed by atoms with Crippen LogP contribution in [0.2, 0.25) is 0 Å². The van der Waals surface area contributed by atoms with E-state index in [2.05, 4.69) is 34.8 Å². The minimum atomic E-state index is 0.370. The molecule has 3 heteroatoms. The number of aromatic nitrogens is 1. The largest absolute Gasteiger partial charge is 0.489 e. The van der Waals surface area contributed by atoms with Crippen molar-refractivity contribution in [2.45, 2.75) is 39.2 Å². The molecular formula is C13H18BrNO. The predicted molar refractivity (Wildman–Crippen MR) is 68.5 cm³/mol. The van der Waals surface area contributed by atoms with Gasteiger partial charge in [-0.3, -0.25) is 0 Å². The number of ether oxygens (including phenoxy) is 1. The van der Waals surface area contributed by atoms with Gasteiger partial charge < -0.3 is 4.74 Å². The Balaban J connectivity index is 1.93. The summed E-state index contributed by atoms with van der Waals surface area (Å²) in [4.78, 5) is 4.17. The molecule has 3 atom stereocenters. The van der Waals surface area contributed by atoms with E-state index >= 15 is 0 Å². The van der Waals surface area contributed by atoms with Crippen molar-refractivity contribution in [2.75, 3.05) is 0 Å². The van der Waals surface area contributed by atoms with E-state index in [1.54, 1.807) is 6.20 Å². The first-order valence-electron chi connectivity index (χ1n) is 5.93. The van der Waals surface area contributed by atoms with Crippen molar-refractivity contribution < 1.29 is 4.74 Å². The monoisotopic (exact) mass is 283 g/mol. The van der Waals surface area contributed by atoms with Gasteiger partial charge in [-0.2, -0.15) is 0 Å². The first-order valence-corrected chi connectivity index (χ1v) is 6.72. The molecule has 0 N–H and O–H groups in total. The summed E-state index contributed by atoms with van der Waals surface area (Å²) in [7, 11) is 0. The number of rotatable bonds is 2. The van der Waals surface area contributed by atoms with Gasteiger partial charge in [0.05, 0.1) is 12.3 Å². The first kappa shape index (κ1) is 11.9. The number of hydrogen-bond acceptors (Lipinski definition) is 2. The second-order valence-electron chi connectivity index (χ2n) is 4.82. The Hall–Kier alpha value is -0.570. The van der Waals surface area contributed by atoms with Crippen molar-refractivity contribution in [1.82, 2.24) is 4.98 Å². The summed E-state index contributed by atoms with van der Waals surface area (Å²) in [5, 5.41) is 0. The molecule has 0 bridgehead atoms. The Labute approximate surface area is 106 Å². The van der Waals surface area contributed by atoms with E-state index in [0.717, 1.165) is 28.6 Å². The maximum Gasteiger partial charge on any atom is 0.138 e. The Morgan fingerprint density at radius 1 is 1.25 bits per heavy atom. The Bertz CT molecular complexity index is 338. The van der Waals surface area contributed by atoms with E-state index in [9.17, 15) is 0 Å². The Morgan fingerprint density at radius 3 is 2.69 bits per heavy atom. The van der Waals surface area contributed by atoms with Crippen LogP contribution in [0.5, 0.6) is 5.75 Å². The lowest BCUT2D eigenvalue weighted by Crippen LogP contribution is -2.28. The molecule has 0 amide bonds. The van der Waals surface area contributed by atoms with Crippen LogP contribution in [0.3, 0.4) is 0 Å². The van der Waals surface area contributed by atoms with Crippen molar-refractivity contribution in [3.8, 4) is 5.75 Å². The van der Waals surface area contributed by atoms with E-state index in [-0.39, 0.29) is 0 Å². The summed E-state index contributed by atoms with van der Waals surface area (Å²) in [5.74, 6) is 2.49. The Morgan fingerprint density at radius 2 is 2.06 bits per heavy atom. The highest BCUT2D eigenvalue weighted by molar-refractivity contribution is 9.10. The molecule has 1 heterocycles. The highest BCUT2D eigenvalue weighted by Gasteiger charge is 2.25. The lowest BCUT2D eigenvalue weighted by molar-refractivity contribution is 0.100. The van der Waals surface area contributed by atoms with Crippen LogP contribution in [0.15, 0.2) is 22.9 Å². The molecule has 2 nitrogen and oxygen atoms in total. The summed E-state index contributed by atoms with van der Waals surface area (Å²) >= 11 is 3.32. The molecule has 2 rings (SSSR count). The average Bonchev–Trinajstić information content (AvgIpc) is 2.27.